The number of nitrogens with one attached hydrogen (secondary N) is 3. The second-order valence-electron chi connectivity index (χ2n) is 8.25. The van der Waals surface area contributed by atoms with Crippen molar-refractivity contribution in [1.82, 2.24) is 20.5 Å². The maximum atomic E-state index is 12.4. The van der Waals surface area contributed by atoms with Crippen molar-refractivity contribution in [2.75, 3.05) is 25.0 Å². The lowest BCUT2D eigenvalue weighted by molar-refractivity contribution is 0.0951. The second-order valence-corrected chi connectivity index (χ2v) is 9.29. The van der Waals surface area contributed by atoms with Crippen molar-refractivity contribution in [1.29, 1.82) is 0 Å². The topological polar surface area (TPSA) is 86.4 Å². The van der Waals surface area contributed by atoms with Gasteiger partial charge >= 0.3 is 6.03 Å². The third kappa shape index (κ3) is 7.13. The van der Waals surface area contributed by atoms with Crippen LogP contribution in [0.5, 0.6) is 0 Å². The molecule has 7 nitrogen and oxygen atoms in total. The zero-order valence-corrected chi connectivity index (χ0v) is 19.3. The zero-order chi connectivity index (χ0) is 22.9. The summed E-state index contributed by atoms with van der Waals surface area (Å²) in [4.78, 5) is 32.4. The monoisotopic (exact) mass is 463 g/mol. The molecule has 1 aliphatic rings. The van der Waals surface area contributed by atoms with E-state index in [2.05, 4.69) is 38.0 Å². The van der Waals surface area contributed by atoms with Crippen LogP contribution >= 0.6 is 11.3 Å². The minimum absolute atomic E-state index is 0.161. The Morgan fingerprint density at radius 1 is 1.03 bits per heavy atom. The van der Waals surface area contributed by atoms with Gasteiger partial charge in [0.25, 0.3) is 5.91 Å². The van der Waals surface area contributed by atoms with Gasteiger partial charge in [0.15, 0.2) is 0 Å². The van der Waals surface area contributed by atoms with E-state index in [1.807, 2.05) is 29.9 Å². The molecule has 8 heteroatoms. The summed E-state index contributed by atoms with van der Waals surface area (Å²) in [6.07, 6.45) is 5.78. The van der Waals surface area contributed by atoms with Crippen LogP contribution in [-0.4, -0.2) is 41.5 Å². The fourth-order valence-electron chi connectivity index (χ4n) is 3.93. The third-order valence-corrected chi connectivity index (χ3v) is 6.68. The van der Waals surface area contributed by atoms with Crippen LogP contribution in [0.4, 0.5) is 10.5 Å². The van der Waals surface area contributed by atoms with E-state index in [4.69, 9.17) is 0 Å². The second kappa shape index (κ2) is 11.6. The lowest BCUT2D eigenvalue weighted by Crippen LogP contribution is -2.39. The van der Waals surface area contributed by atoms with Crippen LogP contribution in [-0.2, 0) is 13.1 Å². The number of thiophene rings is 1. The van der Waals surface area contributed by atoms with Crippen molar-refractivity contribution in [2.24, 2.45) is 5.92 Å². The van der Waals surface area contributed by atoms with E-state index in [9.17, 15) is 9.59 Å². The third-order valence-electron chi connectivity index (χ3n) is 5.80. The average Bonchev–Trinajstić information content (AvgIpc) is 3.37. The highest BCUT2D eigenvalue weighted by atomic mass is 32.1. The quantitative estimate of drug-likeness (QED) is 0.469. The summed E-state index contributed by atoms with van der Waals surface area (Å²) in [5.41, 5.74) is 2.40. The van der Waals surface area contributed by atoms with Crippen LogP contribution in [0.15, 0.2) is 66.3 Å². The molecule has 3 N–H and O–H groups in total. The molecule has 1 aliphatic heterocycles. The Morgan fingerprint density at radius 3 is 2.61 bits per heavy atom. The van der Waals surface area contributed by atoms with Gasteiger partial charge in [-0.25, -0.2) is 4.79 Å². The number of hydrogen-bond donors (Lipinski definition) is 3. The van der Waals surface area contributed by atoms with Crippen molar-refractivity contribution >= 4 is 29.0 Å². The first-order valence-corrected chi connectivity index (χ1v) is 12.1. The van der Waals surface area contributed by atoms with Gasteiger partial charge in [-0.1, -0.05) is 12.1 Å². The largest absolute Gasteiger partial charge is 0.347 e. The Hall–Kier alpha value is -3.23. The number of aromatic nitrogens is 1. The fourth-order valence-corrected chi connectivity index (χ4v) is 4.57. The van der Waals surface area contributed by atoms with E-state index >= 15 is 0 Å². The number of likely N-dealkylation sites (tertiary alicyclic amines) is 1. The molecular weight excluding hydrogens is 434 g/mol. The highest BCUT2D eigenvalue weighted by Crippen LogP contribution is 2.18. The van der Waals surface area contributed by atoms with Crippen molar-refractivity contribution in [3.63, 3.8) is 0 Å². The molecule has 2 aromatic heterocycles. The number of hydrogen-bond acceptors (Lipinski definition) is 5. The smallest absolute Gasteiger partial charge is 0.319 e. The van der Waals surface area contributed by atoms with Crippen molar-refractivity contribution in [2.45, 2.75) is 25.9 Å². The molecule has 172 valence electrons. The number of benzene rings is 1. The number of pyridine rings is 1. The van der Waals surface area contributed by atoms with Crippen molar-refractivity contribution in [3.05, 3.63) is 82.3 Å². The molecule has 3 amide bonds. The molecule has 1 saturated heterocycles. The first-order valence-electron chi connectivity index (χ1n) is 11.2. The summed E-state index contributed by atoms with van der Waals surface area (Å²) in [7, 11) is 0. The lowest BCUT2D eigenvalue weighted by atomic mass is 9.96. The summed E-state index contributed by atoms with van der Waals surface area (Å²) in [5.74, 6) is 0.310. The molecule has 4 rings (SSSR count). The van der Waals surface area contributed by atoms with Gasteiger partial charge < -0.3 is 16.0 Å². The molecule has 0 aliphatic carbocycles. The maximum Gasteiger partial charge on any atom is 0.319 e. The number of nitrogens with zero attached hydrogens (tertiary/aromatic N) is 2. The Kier molecular flexibility index (Phi) is 8.05. The van der Waals surface area contributed by atoms with E-state index in [1.165, 1.54) is 5.56 Å². The van der Waals surface area contributed by atoms with Gasteiger partial charge in [-0.05, 0) is 79.2 Å². The number of amides is 3. The molecule has 33 heavy (non-hydrogen) atoms. The summed E-state index contributed by atoms with van der Waals surface area (Å²) in [6, 6.07) is 14.8. The van der Waals surface area contributed by atoms with Gasteiger partial charge in [-0.15, -0.1) is 11.3 Å². The van der Waals surface area contributed by atoms with Crippen molar-refractivity contribution < 1.29 is 9.59 Å². The summed E-state index contributed by atoms with van der Waals surface area (Å²) >= 11 is 1.60. The summed E-state index contributed by atoms with van der Waals surface area (Å²) in [5, 5.41) is 10.7. The normalized spacial score (nSPS) is 14.5. The molecule has 3 aromatic rings. The molecule has 3 heterocycles. The Bertz CT molecular complexity index is 1030. The highest BCUT2D eigenvalue weighted by Gasteiger charge is 2.20. The van der Waals surface area contributed by atoms with Crippen LogP contribution < -0.4 is 16.0 Å². The molecule has 0 bridgehead atoms. The van der Waals surface area contributed by atoms with Gasteiger partial charge in [0.05, 0.1) is 6.54 Å². The first-order chi connectivity index (χ1) is 16.2. The van der Waals surface area contributed by atoms with E-state index < -0.39 is 0 Å². The standard InChI is InChI=1S/C25H29N5O2S/c31-24(27-17-23-5-2-14-33-23)21-3-1-4-22(15-21)29-25(32)28-16-19-8-12-30(13-9-19)18-20-6-10-26-11-7-20/h1-7,10-11,14-15,19H,8-9,12-13,16-18H2,(H,27,31)(H2,28,29,32). The molecule has 1 fully saturated rings. The zero-order valence-electron chi connectivity index (χ0n) is 18.5. The highest BCUT2D eigenvalue weighted by molar-refractivity contribution is 7.09. The van der Waals surface area contributed by atoms with Crippen LogP contribution in [0.25, 0.3) is 0 Å². The fraction of sp³-hybridized carbons (Fsp3) is 0.320. The number of carbonyl (C=O) groups is 2. The van der Waals surface area contributed by atoms with Crippen LogP contribution in [0, 0.1) is 5.92 Å². The van der Waals surface area contributed by atoms with Crippen LogP contribution in [0.2, 0.25) is 0 Å². The lowest BCUT2D eigenvalue weighted by Gasteiger charge is -2.32. The summed E-state index contributed by atoms with van der Waals surface area (Å²) in [6.45, 7) is 4.14. The van der Waals surface area contributed by atoms with Crippen LogP contribution in [0.1, 0.15) is 33.6 Å². The Balaban J connectivity index is 1.18. The van der Waals surface area contributed by atoms with Crippen LogP contribution in [0.3, 0.4) is 0 Å². The van der Waals surface area contributed by atoms with E-state index in [-0.39, 0.29) is 11.9 Å². The minimum atomic E-state index is -0.245. The molecular formula is C25H29N5O2S. The number of piperidine rings is 1. The number of rotatable bonds is 8. The predicted molar refractivity (Wildman–Crippen MR) is 131 cm³/mol. The number of anilines is 1. The van der Waals surface area contributed by atoms with E-state index in [0.29, 0.717) is 30.3 Å². The molecule has 1 aromatic carbocycles. The van der Waals surface area contributed by atoms with E-state index in [1.54, 1.807) is 35.6 Å². The first kappa shape index (κ1) is 22.9. The molecule has 0 saturated carbocycles. The Morgan fingerprint density at radius 2 is 1.85 bits per heavy atom. The van der Waals surface area contributed by atoms with Crippen molar-refractivity contribution in [3.8, 4) is 0 Å². The molecule has 0 spiro atoms. The SMILES string of the molecule is O=C(NCC1CCN(Cc2ccncc2)CC1)Nc1cccc(C(=O)NCc2cccs2)c1. The summed E-state index contributed by atoms with van der Waals surface area (Å²) < 4.78 is 0. The Labute approximate surface area is 198 Å². The van der Waals surface area contributed by atoms with Gasteiger partial charge in [0.2, 0.25) is 0 Å². The minimum Gasteiger partial charge on any atom is -0.347 e. The average molecular weight is 464 g/mol. The molecule has 0 radical (unpaired) electrons. The number of carbonyl (C=O) groups excluding carboxylic acids is 2. The maximum absolute atomic E-state index is 12.4. The van der Waals surface area contributed by atoms with Gasteiger partial charge in [0, 0.05) is 41.6 Å². The molecule has 0 unspecified atom stereocenters. The number of urea groups is 1. The van der Waals surface area contributed by atoms with Gasteiger partial charge in [0.1, 0.15) is 0 Å². The van der Waals surface area contributed by atoms with Gasteiger partial charge in [-0.2, -0.15) is 0 Å². The molecule has 0 atom stereocenters. The van der Waals surface area contributed by atoms with Gasteiger partial charge in [-0.3, -0.25) is 14.7 Å². The predicted octanol–water partition coefficient (Wildman–Crippen LogP) is 4.11. The van der Waals surface area contributed by atoms with E-state index in [0.717, 1.165) is 37.4 Å².